The molecule has 0 fully saturated rings. The van der Waals surface area contributed by atoms with Gasteiger partial charge in [-0.05, 0) is 31.2 Å². The van der Waals surface area contributed by atoms with Crippen LogP contribution in [-0.4, -0.2) is 24.5 Å². The van der Waals surface area contributed by atoms with Crippen molar-refractivity contribution in [2.45, 2.75) is 13.0 Å². The van der Waals surface area contributed by atoms with E-state index in [0.717, 1.165) is 22.3 Å². The minimum Gasteiger partial charge on any atom is -0.382 e. The summed E-state index contributed by atoms with van der Waals surface area (Å²) in [4.78, 5) is 16.7. The molecule has 28 heavy (non-hydrogen) atoms. The molecule has 4 heterocycles. The predicted octanol–water partition coefficient (Wildman–Crippen LogP) is 2.42. The Morgan fingerprint density at radius 2 is 2.00 bits per heavy atom. The third-order valence-corrected chi connectivity index (χ3v) is 4.40. The van der Waals surface area contributed by atoms with E-state index in [4.69, 9.17) is 11.5 Å². The van der Waals surface area contributed by atoms with Gasteiger partial charge in [-0.1, -0.05) is 0 Å². The molecule has 0 spiro atoms. The zero-order chi connectivity index (χ0) is 19.7. The van der Waals surface area contributed by atoms with Crippen molar-refractivity contribution in [1.29, 1.82) is 5.26 Å². The number of fused-ring (bicyclic) bond motifs is 1. The second-order valence-electron chi connectivity index (χ2n) is 6.21. The molecule has 1 atom stereocenters. The SMILES string of the molecule is CC(Nc1nc(N)nc(N)c1C#N)c1cn(-c2cccnc2)c2ncccc12. The molecule has 5 N–H and O–H groups in total. The largest absolute Gasteiger partial charge is 0.382 e. The van der Waals surface area contributed by atoms with Gasteiger partial charge in [-0.15, -0.1) is 0 Å². The first-order valence-electron chi connectivity index (χ1n) is 8.54. The van der Waals surface area contributed by atoms with Gasteiger partial charge in [-0.25, -0.2) is 4.98 Å². The lowest BCUT2D eigenvalue weighted by atomic mass is 10.1. The molecule has 4 aromatic heterocycles. The van der Waals surface area contributed by atoms with Crippen molar-refractivity contribution in [2.24, 2.45) is 0 Å². The fourth-order valence-corrected chi connectivity index (χ4v) is 3.12. The summed E-state index contributed by atoms with van der Waals surface area (Å²) < 4.78 is 1.98. The highest BCUT2D eigenvalue weighted by atomic mass is 15.1. The van der Waals surface area contributed by atoms with Crippen LogP contribution in [0.5, 0.6) is 0 Å². The van der Waals surface area contributed by atoms with E-state index in [1.54, 1.807) is 18.6 Å². The van der Waals surface area contributed by atoms with E-state index in [0.29, 0.717) is 5.82 Å². The average molecular weight is 371 g/mol. The van der Waals surface area contributed by atoms with Crippen LogP contribution in [0.25, 0.3) is 16.7 Å². The molecule has 0 radical (unpaired) electrons. The maximum Gasteiger partial charge on any atom is 0.224 e. The Morgan fingerprint density at radius 1 is 1.18 bits per heavy atom. The first-order chi connectivity index (χ1) is 13.6. The third kappa shape index (κ3) is 2.93. The highest BCUT2D eigenvalue weighted by molar-refractivity contribution is 5.83. The van der Waals surface area contributed by atoms with Crippen LogP contribution in [0, 0.1) is 11.3 Å². The van der Waals surface area contributed by atoms with Crippen LogP contribution in [0.1, 0.15) is 24.1 Å². The Kier molecular flexibility index (Phi) is 4.21. The molecule has 0 bridgehead atoms. The minimum atomic E-state index is -0.203. The standard InChI is InChI=1S/C19H17N9/c1-11(25-17-14(8-20)16(21)26-19(22)27-17)15-10-28(12-4-2-6-23-9-12)18-13(15)5-3-7-24-18/h2-7,9-11H,1H3,(H5,21,22,25,26,27). The molecule has 0 aliphatic carbocycles. The Bertz CT molecular complexity index is 1190. The Labute approximate surface area is 160 Å². The van der Waals surface area contributed by atoms with E-state index in [1.165, 1.54) is 0 Å². The lowest BCUT2D eigenvalue weighted by Crippen LogP contribution is -2.12. The van der Waals surface area contributed by atoms with Gasteiger partial charge in [0.1, 0.15) is 23.1 Å². The molecule has 4 rings (SSSR count). The Balaban J connectivity index is 1.79. The van der Waals surface area contributed by atoms with Gasteiger partial charge in [0.05, 0.1) is 17.9 Å². The zero-order valence-electron chi connectivity index (χ0n) is 15.0. The zero-order valence-corrected chi connectivity index (χ0v) is 15.0. The summed E-state index contributed by atoms with van der Waals surface area (Å²) >= 11 is 0. The molecule has 0 saturated carbocycles. The summed E-state index contributed by atoms with van der Waals surface area (Å²) in [5.74, 6) is 0.348. The number of aromatic nitrogens is 5. The summed E-state index contributed by atoms with van der Waals surface area (Å²) in [5, 5.41) is 13.6. The molecule has 9 nitrogen and oxygen atoms in total. The monoisotopic (exact) mass is 371 g/mol. The smallest absolute Gasteiger partial charge is 0.224 e. The summed E-state index contributed by atoms with van der Waals surface area (Å²) in [6.07, 6.45) is 7.24. The van der Waals surface area contributed by atoms with Crippen molar-refractivity contribution in [3.8, 4) is 11.8 Å². The van der Waals surface area contributed by atoms with Gasteiger partial charge >= 0.3 is 0 Å². The second-order valence-corrected chi connectivity index (χ2v) is 6.21. The van der Waals surface area contributed by atoms with Crippen LogP contribution in [0.3, 0.4) is 0 Å². The Morgan fingerprint density at radius 3 is 2.75 bits per heavy atom. The molecule has 0 aromatic carbocycles. The number of nitrogens with zero attached hydrogens (tertiary/aromatic N) is 6. The van der Waals surface area contributed by atoms with Crippen molar-refractivity contribution in [1.82, 2.24) is 24.5 Å². The van der Waals surface area contributed by atoms with E-state index >= 15 is 0 Å². The number of nitrogen functional groups attached to an aromatic ring is 2. The quantitative estimate of drug-likeness (QED) is 0.496. The first-order valence-corrected chi connectivity index (χ1v) is 8.54. The lowest BCUT2D eigenvalue weighted by molar-refractivity contribution is 0.874. The van der Waals surface area contributed by atoms with E-state index in [-0.39, 0.29) is 23.4 Å². The van der Waals surface area contributed by atoms with Gasteiger partial charge in [-0.3, -0.25) is 9.55 Å². The molecular formula is C19H17N9. The molecule has 138 valence electrons. The van der Waals surface area contributed by atoms with Gasteiger partial charge in [0.15, 0.2) is 5.82 Å². The van der Waals surface area contributed by atoms with Crippen LogP contribution in [-0.2, 0) is 0 Å². The molecule has 9 heteroatoms. The molecule has 0 amide bonds. The highest BCUT2D eigenvalue weighted by Gasteiger charge is 2.19. The minimum absolute atomic E-state index is 0.00524. The van der Waals surface area contributed by atoms with Gasteiger partial charge in [0.2, 0.25) is 5.95 Å². The maximum atomic E-state index is 9.39. The summed E-state index contributed by atoms with van der Waals surface area (Å²) in [6, 6.07) is 9.53. The fraction of sp³-hybridized carbons (Fsp3) is 0.105. The molecule has 1 unspecified atom stereocenters. The van der Waals surface area contributed by atoms with Gasteiger partial charge in [0.25, 0.3) is 0 Å². The van der Waals surface area contributed by atoms with E-state index in [2.05, 4.69) is 25.3 Å². The van der Waals surface area contributed by atoms with Crippen molar-refractivity contribution in [3.05, 3.63) is 60.2 Å². The molecule has 0 aliphatic heterocycles. The number of nitriles is 1. The van der Waals surface area contributed by atoms with Crippen molar-refractivity contribution in [3.63, 3.8) is 0 Å². The number of rotatable bonds is 4. The van der Waals surface area contributed by atoms with Crippen molar-refractivity contribution in [2.75, 3.05) is 16.8 Å². The fourth-order valence-electron chi connectivity index (χ4n) is 3.12. The van der Waals surface area contributed by atoms with Crippen LogP contribution in [0.2, 0.25) is 0 Å². The predicted molar refractivity (Wildman–Crippen MR) is 106 cm³/mol. The molecular weight excluding hydrogens is 354 g/mol. The van der Waals surface area contributed by atoms with Gasteiger partial charge in [0, 0.05) is 29.5 Å². The van der Waals surface area contributed by atoms with Gasteiger partial charge < -0.3 is 16.8 Å². The number of anilines is 3. The van der Waals surface area contributed by atoms with Crippen molar-refractivity contribution < 1.29 is 0 Å². The normalized spacial score (nSPS) is 11.9. The second kappa shape index (κ2) is 6.85. The van der Waals surface area contributed by atoms with Gasteiger partial charge in [-0.2, -0.15) is 15.2 Å². The first kappa shape index (κ1) is 17.2. The molecule has 0 aliphatic rings. The highest BCUT2D eigenvalue weighted by Crippen LogP contribution is 2.30. The number of hydrogen-bond donors (Lipinski definition) is 3. The summed E-state index contributed by atoms with van der Waals surface area (Å²) in [7, 11) is 0. The summed E-state index contributed by atoms with van der Waals surface area (Å²) in [6.45, 7) is 1.96. The average Bonchev–Trinajstić information content (AvgIpc) is 3.08. The summed E-state index contributed by atoms with van der Waals surface area (Å²) in [5.41, 5.74) is 14.3. The lowest BCUT2D eigenvalue weighted by Gasteiger charge is -2.15. The third-order valence-electron chi connectivity index (χ3n) is 4.40. The van der Waals surface area contributed by atoms with Crippen LogP contribution in [0.4, 0.5) is 17.6 Å². The maximum absolute atomic E-state index is 9.39. The van der Waals surface area contributed by atoms with E-state index < -0.39 is 0 Å². The molecule has 0 saturated heterocycles. The van der Waals surface area contributed by atoms with Crippen molar-refractivity contribution >= 4 is 28.6 Å². The topological polar surface area (TPSA) is 144 Å². The Hall–Kier alpha value is -4.19. The van der Waals surface area contributed by atoms with Crippen LogP contribution < -0.4 is 16.8 Å². The molecule has 4 aromatic rings. The number of nitrogens with two attached hydrogens (primary N) is 2. The van der Waals surface area contributed by atoms with E-state index in [1.807, 2.05) is 48.0 Å². The number of pyridine rings is 2. The number of nitrogens with one attached hydrogen (secondary N) is 1. The van der Waals surface area contributed by atoms with Crippen LogP contribution in [0.15, 0.2) is 49.1 Å². The van der Waals surface area contributed by atoms with Crippen LogP contribution >= 0.6 is 0 Å². The number of hydrogen-bond acceptors (Lipinski definition) is 8. The van der Waals surface area contributed by atoms with E-state index in [9.17, 15) is 5.26 Å².